The highest BCUT2D eigenvalue weighted by Crippen LogP contribution is 2.12. The Labute approximate surface area is 131 Å². The van der Waals surface area contributed by atoms with E-state index in [2.05, 4.69) is 29.3 Å². The van der Waals surface area contributed by atoms with Crippen molar-refractivity contribution in [2.75, 3.05) is 19.7 Å². The molecule has 1 atom stereocenters. The van der Waals surface area contributed by atoms with E-state index >= 15 is 0 Å². The van der Waals surface area contributed by atoms with Crippen LogP contribution in [0, 0.1) is 5.92 Å². The van der Waals surface area contributed by atoms with Crippen molar-refractivity contribution in [1.29, 1.82) is 0 Å². The first-order valence-electron chi connectivity index (χ1n) is 8.04. The Bertz CT molecular complexity index is 469. The highest BCUT2D eigenvalue weighted by molar-refractivity contribution is 5.76. The van der Waals surface area contributed by atoms with Gasteiger partial charge in [-0.15, -0.1) is 0 Å². The van der Waals surface area contributed by atoms with Crippen LogP contribution in [0.4, 0.5) is 0 Å². The maximum absolute atomic E-state index is 12.0. The Balaban J connectivity index is 1.74. The molecule has 1 amide bonds. The summed E-state index contributed by atoms with van der Waals surface area (Å²) in [6, 6.07) is -0.275. The molecule has 0 radical (unpaired) electrons. The van der Waals surface area contributed by atoms with E-state index in [1.807, 2.05) is 12.0 Å². The number of rotatable bonds is 7. The van der Waals surface area contributed by atoms with E-state index in [1.54, 1.807) is 0 Å². The van der Waals surface area contributed by atoms with Gasteiger partial charge in [0.05, 0.1) is 6.61 Å². The second-order valence-electron chi connectivity index (χ2n) is 6.16. The standard InChI is InChI=1S/C15H26N4O3/c1-11(2)10-13-17-15(22-18-13)12(3)16-14(20)6-8-19-7-4-5-9-21-19/h11-12H,4-10H2,1-3H3,(H,16,20)/t12-/m1/s1. The van der Waals surface area contributed by atoms with E-state index in [9.17, 15) is 4.79 Å². The van der Waals surface area contributed by atoms with E-state index < -0.39 is 0 Å². The van der Waals surface area contributed by atoms with Crippen LogP contribution in [-0.4, -0.2) is 40.8 Å². The lowest BCUT2D eigenvalue weighted by molar-refractivity contribution is -0.181. The first-order chi connectivity index (χ1) is 10.5. The molecule has 1 aromatic rings. The number of amides is 1. The van der Waals surface area contributed by atoms with Gasteiger partial charge in [0.25, 0.3) is 0 Å². The summed E-state index contributed by atoms with van der Waals surface area (Å²) < 4.78 is 5.21. The summed E-state index contributed by atoms with van der Waals surface area (Å²) in [4.78, 5) is 21.8. The first kappa shape index (κ1) is 16.9. The number of hydrogen-bond donors (Lipinski definition) is 1. The zero-order valence-electron chi connectivity index (χ0n) is 13.7. The fourth-order valence-corrected chi connectivity index (χ4v) is 2.32. The molecule has 2 heterocycles. The molecule has 1 aromatic heterocycles. The van der Waals surface area contributed by atoms with Crippen molar-refractivity contribution in [2.24, 2.45) is 5.92 Å². The predicted octanol–water partition coefficient (Wildman–Crippen LogP) is 1.86. The van der Waals surface area contributed by atoms with Crippen LogP contribution in [0.2, 0.25) is 0 Å². The van der Waals surface area contributed by atoms with Crippen molar-refractivity contribution in [2.45, 2.75) is 52.5 Å². The van der Waals surface area contributed by atoms with Crippen molar-refractivity contribution in [3.05, 3.63) is 11.7 Å². The van der Waals surface area contributed by atoms with Crippen LogP contribution in [0.1, 0.15) is 57.8 Å². The van der Waals surface area contributed by atoms with Gasteiger partial charge in [0.15, 0.2) is 5.82 Å². The van der Waals surface area contributed by atoms with E-state index in [1.165, 1.54) is 0 Å². The van der Waals surface area contributed by atoms with Crippen molar-refractivity contribution in [3.63, 3.8) is 0 Å². The van der Waals surface area contributed by atoms with Crippen LogP contribution in [0.3, 0.4) is 0 Å². The highest BCUT2D eigenvalue weighted by Gasteiger charge is 2.18. The fourth-order valence-electron chi connectivity index (χ4n) is 2.32. The van der Waals surface area contributed by atoms with E-state index in [4.69, 9.17) is 9.36 Å². The zero-order chi connectivity index (χ0) is 15.9. The molecule has 22 heavy (non-hydrogen) atoms. The molecule has 2 rings (SSSR count). The molecule has 0 spiro atoms. The summed E-state index contributed by atoms with van der Waals surface area (Å²) in [6.45, 7) is 8.31. The van der Waals surface area contributed by atoms with Gasteiger partial charge in [0, 0.05) is 25.9 Å². The molecule has 0 aromatic carbocycles. The van der Waals surface area contributed by atoms with E-state index in [0.717, 1.165) is 32.4 Å². The fraction of sp³-hybridized carbons (Fsp3) is 0.800. The molecule has 0 bridgehead atoms. The van der Waals surface area contributed by atoms with Gasteiger partial charge in [-0.05, 0) is 25.7 Å². The topological polar surface area (TPSA) is 80.5 Å². The number of carbonyl (C=O) groups excluding carboxylic acids is 1. The third kappa shape index (κ3) is 5.38. The third-order valence-electron chi connectivity index (χ3n) is 3.49. The van der Waals surface area contributed by atoms with Gasteiger partial charge < -0.3 is 9.84 Å². The molecule has 0 aliphatic carbocycles. The Morgan fingerprint density at radius 2 is 2.18 bits per heavy atom. The molecule has 1 N–H and O–H groups in total. The van der Waals surface area contributed by atoms with Crippen molar-refractivity contribution < 1.29 is 14.2 Å². The van der Waals surface area contributed by atoms with Gasteiger partial charge in [-0.2, -0.15) is 10.0 Å². The molecular weight excluding hydrogens is 284 g/mol. The van der Waals surface area contributed by atoms with E-state index in [0.29, 0.717) is 30.6 Å². The highest BCUT2D eigenvalue weighted by atomic mass is 16.7. The number of nitrogens with zero attached hydrogens (tertiary/aromatic N) is 3. The lowest BCUT2D eigenvalue weighted by atomic mass is 10.1. The predicted molar refractivity (Wildman–Crippen MR) is 80.8 cm³/mol. The number of hydrogen-bond acceptors (Lipinski definition) is 6. The molecule has 7 heteroatoms. The Hall–Kier alpha value is -1.47. The Morgan fingerprint density at radius 3 is 2.86 bits per heavy atom. The minimum absolute atomic E-state index is 0.0368. The number of carbonyl (C=O) groups is 1. The SMILES string of the molecule is CC(C)Cc1noc([C@@H](C)NC(=O)CCN2CCCCO2)n1. The quantitative estimate of drug-likeness (QED) is 0.828. The van der Waals surface area contributed by atoms with Crippen LogP contribution in [0.15, 0.2) is 4.52 Å². The number of aromatic nitrogens is 2. The molecule has 1 aliphatic rings. The van der Waals surface area contributed by atoms with Crippen molar-refractivity contribution in [1.82, 2.24) is 20.5 Å². The summed E-state index contributed by atoms with van der Waals surface area (Å²) in [6.07, 6.45) is 3.39. The van der Waals surface area contributed by atoms with Crippen molar-refractivity contribution in [3.8, 4) is 0 Å². The molecule has 1 aliphatic heterocycles. The lowest BCUT2D eigenvalue weighted by Gasteiger charge is -2.25. The number of nitrogens with one attached hydrogen (secondary N) is 1. The average Bonchev–Trinajstić information content (AvgIpc) is 2.94. The van der Waals surface area contributed by atoms with Crippen LogP contribution < -0.4 is 5.32 Å². The van der Waals surface area contributed by atoms with Gasteiger partial charge in [-0.3, -0.25) is 9.63 Å². The Morgan fingerprint density at radius 1 is 1.36 bits per heavy atom. The van der Waals surface area contributed by atoms with Crippen LogP contribution in [0.25, 0.3) is 0 Å². The number of hydroxylamine groups is 2. The minimum Gasteiger partial charge on any atom is -0.345 e. The van der Waals surface area contributed by atoms with Crippen LogP contribution >= 0.6 is 0 Å². The maximum atomic E-state index is 12.0. The maximum Gasteiger partial charge on any atom is 0.248 e. The summed E-state index contributed by atoms with van der Waals surface area (Å²) in [5.41, 5.74) is 0. The normalized spacial score (nSPS) is 17.6. The molecule has 1 fully saturated rings. The molecule has 124 valence electrons. The minimum atomic E-state index is -0.275. The summed E-state index contributed by atoms with van der Waals surface area (Å²) in [5, 5.41) is 8.69. The lowest BCUT2D eigenvalue weighted by Crippen LogP contribution is -2.35. The third-order valence-corrected chi connectivity index (χ3v) is 3.49. The van der Waals surface area contributed by atoms with Gasteiger partial charge in [0.1, 0.15) is 6.04 Å². The van der Waals surface area contributed by atoms with Gasteiger partial charge >= 0.3 is 0 Å². The van der Waals surface area contributed by atoms with Crippen LogP contribution in [0.5, 0.6) is 0 Å². The second-order valence-corrected chi connectivity index (χ2v) is 6.16. The monoisotopic (exact) mass is 310 g/mol. The smallest absolute Gasteiger partial charge is 0.248 e. The molecule has 0 saturated carbocycles. The van der Waals surface area contributed by atoms with Gasteiger partial charge in [0.2, 0.25) is 11.8 Å². The molecule has 0 unspecified atom stereocenters. The van der Waals surface area contributed by atoms with Gasteiger partial charge in [-0.1, -0.05) is 19.0 Å². The molecule has 1 saturated heterocycles. The molecule has 7 nitrogen and oxygen atoms in total. The largest absolute Gasteiger partial charge is 0.345 e. The van der Waals surface area contributed by atoms with Crippen molar-refractivity contribution >= 4 is 5.91 Å². The molecular formula is C15H26N4O3. The Kier molecular flexibility index (Phi) is 6.33. The van der Waals surface area contributed by atoms with Gasteiger partial charge in [-0.25, -0.2) is 0 Å². The summed E-state index contributed by atoms with van der Waals surface area (Å²) in [5.74, 6) is 1.58. The summed E-state index contributed by atoms with van der Waals surface area (Å²) in [7, 11) is 0. The first-order valence-corrected chi connectivity index (χ1v) is 8.04. The zero-order valence-corrected chi connectivity index (χ0v) is 13.7. The summed E-state index contributed by atoms with van der Waals surface area (Å²) >= 11 is 0. The average molecular weight is 310 g/mol. The van der Waals surface area contributed by atoms with E-state index in [-0.39, 0.29) is 11.9 Å². The second kappa shape index (κ2) is 8.24. The van der Waals surface area contributed by atoms with Crippen LogP contribution in [-0.2, 0) is 16.1 Å².